The molecule has 4 atom stereocenters. The summed E-state index contributed by atoms with van der Waals surface area (Å²) in [6.45, 7) is 3.32. The molecule has 0 bridgehead atoms. The van der Waals surface area contributed by atoms with E-state index in [0.717, 1.165) is 15.4 Å². The van der Waals surface area contributed by atoms with Crippen LogP contribution in [-0.2, 0) is 14.3 Å². The van der Waals surface area contributed by atoms with Gasteiger partial charge in [0.1, 0.15) is 19.0 Å². The number of anilines is 1. The molecule has 0 saturated carbocycles. The number of aryl methyl sites for hydroxylation is 1. The zero-order valence-electron chi connectivity index (χ0n) is 24.3. The first kappa shape index (κ1) is 30.4. The van der Waals surface area contributed by atoms with Gasteiger partial charge in [0.2, 0.25) is 0 Å². The number of halogens is 1. The number of rotatable bonds is 8. The van der Waals surface area contributed by atoms with Crippen LogP contribution in [0, 0.1) is 6.92 Å². The highest BCUT2D eigenvalue weighted by molar-refractivity contribution is 8.00. The quantitative estimate of drug-likeness (QED) is 0.117. The van der Waals surface area contributed by atoms with Crippen LogP contribution in [0.25, 0.3) is 11.2 Å². The second-order valence-electron chi connectivity index (χ2n) is 10.4. The summed E-state index contributed by atoms with van der Waals surface area (Å²) in [6, 6.07) is 25.0. The molecular formula is C33H28ClN5O5S. The van der Waals surface area contributed by atoms with Crippen LogP contribution in [0.3, 0.4) is 0 Å². The normalized spacial score (nSPS) is 19.4. The van der Waals surface area contributed by atoms with Gasteiger partial charge in [-0.2, -0.15) is 0 Å². The highest BCUT2D eigenvalue weighted by Crippen LogP contribution is 2.44. The summed E-state index contributed by atoms with van der Waals surface area (Å²) in [5, 5.41) is -0.894. The molecule has 3 heterocycles. The van der Waals surface area contributed by atoms with Crippen LogP contribution in [0.15, 0.2) is 102 Å². The lowest BCUT2D eigenvalue weighted by Gasteiger charge is -2.22. The first-order valence-electron chi connectivity index (χ1n) is 14.1. The Morgan fingerprint density at radius 1 is 0.911 bits per heavy atom. The van der Waals surface area contributed by atoms with Crippen molar-refractivity contribution in [2.24, 2.45) is 0 Å². The van der Waals surface area contributed by atoms with E-state index >= 15 is 0 Å². The van der Waals surface area contributed by atoms with Crippen LogP contribution >= 0.6 is 23.4 Å². The molecule has 2 aromatic heterocycles. The van der Waals surface area contributed by atoms with Gasteiger partial charge in [-0.15, -0.1) is 23.4 Å². The Bertz CT molecular complexity index is 1790. The molecular weight excluding hydrogens is 614 g/mol. The Kier molecular flexibility index (Phi) is 8.92. The van der Waals surface area contributed by atoms with E-state index in [0.29, 0.717) is 16.8 Å². The first-order valence-corrected chi connectivity index (χ1v) is 15.5. The van der Waals surface area contributed by atoms with Crippen molar-refractivity contribution in [3.05, 3.63) is 114 Å². The van der Waals surface area contributed by atoms with Gasteiger partial charge in [-0.25, -0.2) is 19.9 Å². The van der Waals surface area contributed by atoms with Crippen molar-refractivity contribution in [3.63, 3.8) is 0 Å². The van der Waals surface area contributed by atoms with Gasteiger partial charge < -0.3 is 9.47 Å². The molecule has 0 aliphatic carbocycles. The molecule has 0 N–H and O–H groups in total. The minimum absolute atomic E-state index is 0.0250. The topological polar surface area (TPSA) is 117 Å². The van der Waals surface area contributed by atoms with Crippen molar-refractivity contribution in [2.45, 2.75) is 41.7 Å². The van der Waals surface area contributed by atoms with E-state index < -0.39 is 35.5 Å². The van der Waals surface area contributed by atoms with E-state index in [2.05, 4.69) is 15.0 Å². The number of nitrogens with zero attached hydrogens (tertiary/aromatic N) is 5. The van der Waals surface area contributed by atoms with Crippen LogP contribution in [0.1, 0.15) is 39.4 Å². The summed E-state index contributed by atoms with van der Waals surface area (Å²) >= 11 is 8.50. The summed E-state index contributed by atoms with van der Waals surface area (Å²) in [6.07, 6.45) is 1.52. The number of aromatic nitrogens is 4. The molecule has 10 nitrogen and oxygen atoms in total. The van der Waals surface area contributed by atoms with Crippen LogP contribution in [0.2, 0.25) is 0 Å². The fourth-order valence-corrected chi connectivity index (χ4v) is 6.68. The molecule has 0 radical (unpaired) electrons. The number of benzene rings is 3. The molecule has 6 rings (SSSR count). The minimum Gasteiger partial charge on any atom is -0.463 e. The van der Waals surface area contributed by atoms with E-state index in [-0.39, 0.29) is 23.2 Å². The van der Waals surface area contributed by atoms with Gasteiger partial charge >= 0.3 is 5.97 Å². The molecule has 5 aromatic rings. The van der Waals surface area contributed by atoms with Gasteiger partial charge in [-0.05, 0) is 43.3 Å². The van der Waals surface area contributed by atoms with Gasteiger partial charge in [0.05, 0.1) is 17.0 Å². The van der Waals surface area contributed by atoms with E-state index in [9.17, 15) is 14.4 Å². The Hall–Kier alpha value is -4.58. The lowest BCUT2D eigenvalue weighted by molar-refractivity contribution is -0.145. The van der Waals surface area contributed by atoms with Crippen molar-refractivity contribution >= 4 is 58.1 Å². The average Bonchev–Trinajstić information content (AvgIpc) is 3.63. The molecule has 2 amide bonds. The molecule has 1 saturated heterocycles. The number of carbonyl (C=O) groups is 3. The average molecular weight is 642 g/mol. The summed E-state index contributed by atoms with van der Waals surface area (Å²) < 4.78 is 13.4. The maximum absolute atomic E-state index is 13.9. The third-order valence-electron chi connectivity index (χ3n) is 7.28. The van der Waals surface area contributed by atoms with Crippen LogP contribution < -0.4 is 4.90 Å². The molecule has 228 valence electrons. The number of hydrogen-bond acceptors (Lipinski definition) is 9. The number of esters is 1. The number of carbonyl (C=O) groups excluding carboxylic acids is 3. The second-order valence-corrected chi connectivity index (χ2v) is 12.2. The Morgan fingerprint density at radius 3 is 2.13 bits per heavy atom. The number of thioether (sulfide) groups is 1. The van der Waals surface area contributed by atoms with E-state index in [1.54, 1.807) is 65.2 Å². The maximum Gasteiger partial charge on any atom is 0.302 e. The van der Waals surface area contributed by atoms with E-state index in [1.807, 2.05) is 31.2 Å². The summed E-state index contributed by atoms with van der Waals surface area (Å²) in [4.78, 5) is 54.8. The smallest absolute Gasteiger partial charge is 0.302 e. The predicted molar refractivity (Wildman–Crippen MR) is 170 cm³/mol. The number of fused-ring (bicyclic) bond motifs is 1. The van der Waals surface area contributed by atoms with Crippen LogP contribution in [0.5, 0.6) is 0 Å². The number of alkyl halides is 1. The van der Waals surface area contributed by atoms with Gasteiger partial charge in [0.25, 0.3) is 11.8 Å². The monoisotopic (exact) mass is 641 g/mol. The van der Waals surface area contributed by atoms with Crippen molar-refractivity contribution < 1.29 is 23.9 Å². The lowest BCUT2D eigenvalue weighted by Crippen LogP contribution is -2.38. The second kappa shape index (κ2) is 13.2. The molecule has 3 aromatic carbocycles. The summed E-state index contributed by atoms with van der Waals surface area (Å²) in [5.41, 5.74) is 2.30. The van der Waals surface area contributed by atoms with Gasteiger partial charge in [0, 0.05) is 22.9 Å². The number of imide groups is 1. The van der Waals surface area contributed by atoms with Crippen molar-refractivity contribution in [3.8, 4) is 0 Å². The lowest BCUT2D eigenvalue weighted by atomic mass is 10.1. The van der Waals surface area contributed by atoms with Crippen LogP contribution in [-0.4, -0.2) is 60.6 Å². The maximum atomic E-state index is 13.9. The molecule has 0 spiro atoms. The molecule has 1 aliphatic rings. The SMILES string of the molecule is CC(=O)OC[C@H]1O[C@@H](n2cnc3c(N(C(=O)c4ccccc4)C(=O)c4ccccc4)ncnc32)[C@H](Sc2ccc(C)cc2)[C@H]1Cl. The molecule has 45 heavy (non-hydrogen) atoms. The highest BCUT2D eigenvalue weighted by atomic mass is 35.5. The third kappa shape index (κ3) is 6.32. The van der Waals surface area contributed by atoms with Crippen molar-refractivity contribution in [1.29, 1.82) is 0 Å². The Labute approximate surface area is 268 Å². The summed E-state index contributed by atoms with van der Waals surface area (Å²) in [7, 11) is 0. The fraction of sp³-hybridized carbons (Fsp3) is 0.212. The Balaban J connectivity index is 1.42. The summed E-state index contributed by atoms with van der Waals surface area (Å²) in [5.74, 6) is -1.54. The number of imidazole rings is 1. The third-order valence-corrected chi connectivity index (χ3v) is 9.33. The number of hydrogen-bond donors (Lipinski definition) is 0. The standard InChI is InChI=1S/C33H28ClN5O5S/c1-20-13-15-24(16-14-20)45-28-26(34)25(17-43-21(2)40)44-33(28)38-19-37-27-29(38)35-18-36-30(27)39(31(41)22-9-5-3-6-10-22)32(42)23-11-7-4-8-12-23/h3-16,18-19,25-26,28,33H,17H2,1-2H3/t25-,26+,28-,33-/m1/s1. The molecule has 1 aliphatic heterocycles. The van der Waals surface area contributed by atoms with E-state index in [4.69, 9.17) is 21.1 Å². The zero-order valence-corrected chi connectivity index (χ0v) is 25.9. The fourth-order valence-electron chi connectivity index (χ4n) is 5.05. The Morgan fingerprint density at radius 2 is 1.53 bits per heavy atom. The zero-order chi connectivity index (χ0) is 31.5. The van der Waals surface area contributed by atoms with Gasteiger partial charge in [-0.1, -0.05) is 54.1 Å². The van der Waals surface area contributed by atoms with Crippen molar-refractivity contribution in [1.82, 2.24) is 19.5 Å². The predicted octanol–water partition coefficient (Wildman–Crippen LogP) is 5.85. The van der Waals surface area contributed by atoms with Crippen molar-refractivity contribution in [2.75, 3.05) is 11.5 Å². The molecule has 1 fully saturated rings. The number of ether oxygens (including phenoxy) is 2. The van der Waals surface area contributed by atoms with Gasteiger partial charge in [-0.3, -0.25) is 19.0 Å². The highest BCUT2D eigenvalue weighted by Gasteiger charge is 2.46. The first-order chi connectivity index (χ1) is 21.8. The van der Waals surface area contributed by atoms with Crippen LogP contribution in [0.4, 0.5) is 5.82 Å². The van der Waals surface area contributed by atoms with Gasteiger partial charge in [0.15, 0.2) is 23.2 Å². The minimum atomic E-state index is -0.685. The number of amides is 2. The largest absolute Gasteiger partial charge is 0.463 e. The van der Waals surface area contributed by atoms with E-state index in [1.165, 1.54) is 31.3 Å². The molecule has 12 heteroatoms. The molecule has 0 unspecified atom stereocenters.